The molecule has 0 saturated carbocycles. The number of unbranched alkanes of at least 4 members (excludes halogenated alkanes) is 24. The van der Waals surface area contributed by atoms with E-state index in [2.05, 4.69) is 25.7 Å². The predicted octanol–water partition coefficient (Wildman–Crippen LogP) is 12.4. The van der Waals surface area contributed by atoms with Crippen LogP contribution in [0.5, 0.6) is 0 Å². The fourth-order valence-electron chi connectivity index (χ4n) is 5.70. The van der Waals surface area contributed by atoms with Crippen LogP contribution in [-0.2, 0) is 13.6 Å². The third-order valence-corrected chi connectivity index (χ3v) is 9.55. The van der Waals surface area contributed by atoms with Crippen molar-refractivity contribution in [3.63, 3.8) is 0 Å². The quantitative estimate of drug-likeness (QED) is 0.0560. The molecule has 0 aromatic heterocycles. The van der Waals surface area contributed by atoms with E-state index in [0.717, 1.165) is 38.6 Å². The fourth-order valence-corrected chi connectivity index (χ4v) is 6.49. The Bertz CT molecular complexity index is 541. The van der Waals surface area contributed by atoms with Gasteiger partial charge in [0.15, 0.2) is 0 Å². The molecular weight excluding hydrogens is 541 g/mol. The van der Waals surface area contributed by atoms with Gasteiger partial charge < -0.3 is 9.79 Å². The van der Waals surface area contributed by atoms with Gasteiger partial charge >= 0.3 is 7.82 Å². The van der Waals surface area contributed by atoms with E-state index in [0.29, 0.717) is 13.2 Å². The van der Waals surface area contributed by atoms with Crippen LogP contribution in [0.2, 0.25) is 0 Å². The van der Waals surface area contributed by atoms with Crippen molar-refractivity contribution in [1.82, 2.24) is 4.90 Å². The van der Waals surface area contributed by atoms with Crippen LogP contribution < -0.4 is 0 Å². The SMILES string of the molecule is CCCCCCCCCCCN(CCCCCCCCCCC)CCCCCOP(=O)(O)OCCCCCCCCC. The fraction of sp³-hybridized carbons (Fsp3) is 1.00. The number of rotatable bonds is 36. The lowest BCUT2D eigenvalue weighted by Gasteiger charge is -2.22. The minimum absolute atomic E-state index is 0.307. The Hall–Kier alpha value is 0.0700. The minimum Gasteiger partial charge on any atom is -0.303 e. The zero-order valence-corrected chi connectivity index (χ0v) is 29.8. The van der Waals surface area contributed by atoms with Gasteiger partial charge in [0.2, 0.25) is 0 Å². The highest BCUT2D eigenvalue weighted by atomic mass is 31.2. The second kappa shape index (κ2) is 34.0. The molecule has 1 N–H and O–H groups in total. The molecule has 0 amide bonds. The van der Waals surface area contributed by atoms with Crippen LogP contribution in [-0.4, -0.2) is 42.6 Å². The van der Waals surface area contributed by atoms with Crippen molar-refractivity contribution < 1.29 is 18.5 Å². The van der Waals surface area contributed by atoms with E-state index in [9.17, 15) is 9.46 Å². The van der Waals surface area contributed by atoms with Gasteiger partial charge in [0.05, 0.1) is 13.2 Å². The molecule has 1 unspecified atom stereocenters. The van der Waals surface area contributed by atoms with E-state index in [-0.39, 0.29) is 0 Å². The molecule has 254 valence electrons. The van der Waals surface area contributed by atoms with E-state index >= 15 is 0 Å². The van der Waals surface area contributed by atoms with Gasteiger partial charge in [-0.15, -0.1) is 0 Å². The first kappa shape index (κ1) is 42.1. The maximum absolute atomic E-state index is 12.1. The monoisotopic (exact) mass is 618 g/mol. The molecule has 0 aliphatic heterocycles. The van der Waals surface area contributed by atoms with Gasteiger partial charge in [-0.1, -0.05) is 162 Å². The summed E-state index contributed by atoms with van der Waals surface area (Å²) in [4.78, 5) is 12.6. The van der Waals surface area contributed by atoms with Crippen LogP contribution in [0.25, 0.3) is 0 Å². The average molecular weight is 618 g/mol. The highest BCUT2D eigenvalue weighted by Crippen LogP contribution is 2.43. The summed E-state index contributed by atoms with van der Waals surface area (Å²) in [6.07, 6.45) is 36.0. The molecule has 0 aromatic carbocycles. The normalized spacial score (nSPS) is 13.3. The lowest BCUT2D eigenvalue weighted by Crippen LogP contribution is -2.27. The molecular formula is C36H76NO4P. The summed E-state index contributed by atoms with van der Waals surface area (Å²) in [5, 5.41) is 0. The first-order valence-electron chi connectivity index (χ1n) is 18.9. The third-order valence-electron chi connectivity index (χ3n) is 8.53. The number of hydrogen-bond donors (Lipinski definition) is 1. The van der Waals surface area contributed by atoms with E-state index in [1.807, 2.05) is 0 Å². The Morgan fingerprint density at radius 1 is 0.405 bits per heavy atom. The Morgan fingerprint density at radius 2 is 0.643 bits per heavy atom. The summed E-state index contributed by atoms with van der Waals surface area (Å²) in [7, 11) is -3.90. The van der Waals surface area contributed by atoms with Crippen molar-refractivity contribution in [1.29, 1.82) is 0 Å². The lowest BCUT2D eigenvalue weighted by molar-refractivity contribution is 0.144. The van der Waals surface area contributed by atoms with E-state index in [4.69, 9.17) is 9.05 Å². The molecule has 0 aliphatic rings. The third kappa shape index (κ3) is 33.0. The maximum Gasteiger partial charge on any atom is 0.472 e. The van der Waals surface area contributed by atoms with Crippen molar-refractivity contribution in [2.45, 2.75) is 201 Å². The molecule has 0 spiro atoms. The van der Waals surface area contributed by atoms with Crippen molar-refractivity contribution in [2.24, 2.45) is 0 Å². The van der Waals surface area contributed by atoms with E-state index in [1.54, 1.807) is 0 Å². The molecule has 0 aliphatic carbocycles. The van der Waals surface area contributed by atoms with Crippen molar-refractivity contribution in [3.05, 3.63) is 0 Å². The largest absolute Gasteiger partial charge is 0.472 e. The number of phosphoric ester groups is 1. The molecule has 5 nitrogen and oxygen atoms in total. The van der Waals surface area contributed by atoms with Gasteiger partial charge in [-0.2, -0.15) is 0 Å². The summed E-state index contributed by atoms with van der Waals surface area (Å²) >= 11 is 0. The van der Waals surface area contributed by atoms with Gasteiger partial charge in [0.25, 0.3) is 0 Å². The van der Waals surface area contributed by atoms with Crippen LogP contribution in [0.1, 0.15) is 201 Å². The maximum atomic E-state index is 12.1. The summed E-state index contributed by atoms with van der Waals surface area (Å²) in [6.45, 7) is 11.0. The van der Waals surface area contributed by atoms with E-state index < -0.39 is 7.82 Å². The first-order valence-corrected chi connectivity index (χ1v) is 20.4. The number of nitrogens with zero attached hydrogens (tertiary/aromatic N) is 1. The minimum atomic E-state index is -3.90. The Balaban J connectivity index is 4.04. The highest BCUT2D eigenvalue weighted by Gasteiger charge is 2.20. The van der Waals surface area contributed by atoms with Crippen LogP contribution in [0.3, 0.4) is 0 Å². The molecule has 0 aromatic rings. The molecule has 1 atom stereocenters. The first-order chi connectivity index (χ1) is 20.6. The van der Waals surface area contributed by atoms with Gasteiger partial charge in [-0.05, 0) is 58.2 Å². The predicted molar refractivity (Wildman–Crippen MR) is 184 cm³/mol. The Morgan fingerprint density at radius 3 is 0.952 bits per heavy atom. The summed E-state index contributed by atoms with van der Waals surface area (Å²) in [5.74, 6) is 0. The molecule has 6 heteroatoms. The zero-order valence-electron chi connectivity index (χ0n) is 28.9. The summed E-state index contributed by atoms with van der Waals surface area (Å²) in [6, 6.07) is 0. The molecule has 0 rings (SSSR count). The molecule has 0 radical (unpaired) electrons. The standard InChI is InChI=1S/C36H76NO4P/c1-4-7-10-13-16-18-20-23-27-32-37(33-28-24-21-19-17-14-11-8-5-2)34-29-26-31-36-41-42(38,39)40-35-30-25-22-15-12-9-6-3/h4-36H2,1-3H3,(H,38,39). The second-order valence-corrected chi connectivity index (χ2v) is 14.3. The molecule has 42 heavy (non-hydrogen) atoms. The van der Waals surface area contributed by atoms with Crippen molar-refractivity contribution in [3.8, 4) is 0 Å². The molecule has 0 bridgehead atoms. The van der Waals surface area contributed by atoms with Crippen LogP contribution >= 0.6 is 7.82 Å². The lowest BCUT2D eigenvalue weighted by atomic mass is 10.1. The molecule has 0 heterocycles. The van der Waals surface area contributed by atoms with Crippen LogP contribution in [0.4, 0.5) is 0 Å². The Kier molecular flexibility index (Phi) is 34.0. The molecule has 0 fully saturated rings. The van der Waals surface area contributed by atoms with Gasteiger partial charge in [-0.25, -0.2) is 4.57 Å². The van der Waals surface area contributed by atoms with Gasteiger partial charge in [-0.3, -0.25) is 9.05 Å². The second-order valence-electron chi connectivity index (χ2n) is 12.8. The zero-order chi connectivity index (χ0) is 30.8. The van der Waals surface area contributed by atoms with Gasteiger partial charge in [0.1, 0.15) is 0 Å². The van der Waals surface area contributed by atoms with E-state index in [1.165, 1.54) is 161 Å². The van der Waals surface area contributed by atoms with Crippen LogP contribution in [0.15, 0.2) is 0 Å². The topological polar surface area (TPSA) is 59.0 Å². The summed E-state index contributed by atoms with van der Waals surface area (Å²) < 4.78 is 22.6. The Labute approximate surface area is 264 Å². The highest BCUT2D eigenvalue weighted by molar-refractivity contribution is 7.47. The number of hydrogen-bond acceptors (Lipinski definition) is 4. The smallest absolute Gasteiger partial charge is 0.303 e. The average Bonchev–Trinajstić information content (AvgIpc) is 2.98. The summed E-state index contributed by atoms with van der Waals surface area (Å²) in [5.41, 5.74) is 0. The van der Waals surface area contributed by atoms with Crippen LogP contribution in [0, 0.1) is 0 Å². The van der Waals surface area contributed by atoms with Crippen molar-refractivity contribution in [2.75, 3.05) is 32.8 Å². The van der Waals surface area contributed by atoms with Gasteiger partial charge in [0, 0.05) is 0 Å². The molecule has 0 saturated heterocycles. The number of phosphoric acid groups is 1. The van der Waals surface area contributed by atoms with Crippen molar-refractivity contribution >= 4 is 7.82 Å².